The van der Waals surface area contributed by atoms with Crippen molar-refractivity contribution >= 4 is 27.3 Å². The van der Waals surface area contributed by atoms with Gasteiger partial charge in [0.1, 0.15) is 15.6 Å². The standard InChI is InChI=1S/C13H12FNO4S2/c14-10-3-1-9(2-4-10)5-7-15-21(18,19)11-6-8-20-12(11)13(16)17/h1-4,6,8,15H,5,7H2,(H,16,17). The van der Waals surface area contributed by atoms with Gasteiger partial charge in [0.2, 0.25) is 10.0 Å². The Hall–Kier alpha value is -1.77. The lowest BCUT2D eigenvalue weighted by Crippen LogP contribution is -2.26. The highest BCUT2D eigenvalue weighted by Gasteiger charge is 2.23. The number of thiophene rings is 1. The van der Waals surface area contributed by atoms with Crippen molar-refractivity contribution in [1.29, 1.82) is 0 Å². The largest absolute Gasteiger partial charge is 0.477 e. The maximum absolute atomic E-state index is 12.7. The van der Waals surface area contributed by atoms with Crippen molar-refractivity contribution in [2.24, 2.45) is 0 Å². The second-order valence-electron chi connectivity index (χ2n) is 4.19. The van der Waals surface area contributed by atoms with Crippen molar-refractivity contribution in [2.75, 3.05) is 6.54 Å². The highest BCUT2D eigenvalue weighted by atomic mass is 32.2. The number of rotatable bonds is 6. The summed E-state index contributed by atoms with van der Waals surface area (Å²) in [5.74, 6) is -1.63. The maximum atomic E-state index is 12.7. The summed E-state index contributed by atoms with van der Waals surface area (Å²) in [6.45, 7) is 0.100. The van der Waals surface area contributed by atoms with Crippen LogP contribution in [0.3, 0.4) is 0 Å². The third kappa shape index (κ3) is 3.87. The van der Waals surface area contributed by atoms with E-state index < -0.39 is 16.0 Å². The van der Waals surface area contributed by atoms with Crippen molar-refractivity contribution in [2.45, 2.75) is 11.3 Å². The average molecular weight is 329 g/mol. The topological polar surface area (TPSA) is 83.5 Å². The number of carboxylic acid groups (broad SMARTS) is 1. The summed E-state index contributed by atoms with van der Waals surface area (Å²) in [7, 11) is -3.87. The minimum atomic E-state index is -3.87. The SMILES string of the molecule is O=C(O)c1sccc1S(=O)(=O)NCCc1ccc(F)cc1. The van der Waals surface area contributed by atoms with Gasteiger partial charge < -0.3 is 5.11 Å². The Labute approximate surface area is 125 Å². The molecule has 0 radical (unpaired) electrons. The fourth-order valence-electron chi connectivity index (χ4n) is 1.72. The van der Waals surface area contributed by atoms with Gasteiger partial charge in [0.15, 0.2) is 0 Å². The lowest BCUT2D eigenvalue weighted by atomic mass is 10.1. The first-order valence-electron chi connectivity index (χ1n) is 5.95. The molecule has 8 heteroatoms. The molecule has 0 unspecified atom stereocenters. The molecule has 1 aromatic carbocycles. The Morgan fingerprint density at radius 3 is 2.52 bits per heavy atom. The van der Waals surface area contributed by atoms with Gasteiger partial charge in [-0.2, -0.15) is 0 Å². The van der Waals surface area contributed by atoms with Crippen molar-refractivity contribution < 1.29 is 22.7 Å². The van der Waals surface area contributed by atoms with E-state index in [0.29, 0.717) is 6.42 Å². The Balaban J connectivity index is 2.03. The molecule has 0 atom stereocenters. The number of halogens is 1. The summed E-state index contributed by atoms with van der Waals surface area (Å²) in [5, 5.41) is 10.3. The highest BCUT2D eigenvalue weighted by molar-refractivity contribution is 7.89. The minimum Gasteiger partial charge on any atom is -0.477 e. The fourth-order valence-corrected chi connectivity index (χ4v) is 4.01. The quantitative estimate of drug-likeness (QED) is 0.850. The van der Waals surface area contributed by atoms with Crippen LogP contribution in [0.1, 0.15) is 15.2 Å². The summed E-state index contributed by atoms with van der Waals surface area (Å²) < 4.78 is 39.1. The normalized spacial score (nSPS) is 11.5. The molecule has 1 heterocycles. The summed E-state index contributed by atoms with van der Waals surface area (Å²) >= 11 is 0.856. The number of carbonyl (C=O) groups is 1. The smallest absolute Gasteiger partial charge is 0.347 e. The first kappa shape index (κ1) is 15.6. The summed E-state index contributed by atoms with van der Waals surface area (Å²) in [5.41, 5.74) is 0.780. The maximum Gasteiger partial charge on any atom is 0.347 e. The van der Waals surface area contributed by atoms with Gasteiger partial charge in [0, 0.05) is 6.54 Å². The fraction of sp³-hybridized carbons (Fsp3) is 0.154. The van der Waals surface area contributed by atoms with Crippen LogP contribution in [0, 0.1) is 5.82 Å². The molecule has 1 aromatic heterocycles. The Morgan fingerprint density at radius 1 is 1.24 bits per heavy atom. The number of benzene rings is 1. The second-order valence-corrected chi connectivity index (χ2v) is 6.84. The van der Waals surface area contributed by atoms with E-state index in [9.17, 15) is 17.6 Å². The summed E-state index contributed by atoms with van der Waals surface area (Å²) in [6, 6.07) is 6.98. The van der Waals surface area contributed by atoms with Crippen LogP contribution >= 0.6 is 11.3 Å². The van der Waals surface area contributed by atoms with Crippen LogP contribution in [0.2, 0.25) is 0 Å². The molecular weight excluding hydrogens is 317 g/mol. The van der Waals surface area contributed by atoms with Crippen LogP contribution in [-0.2, 0) is 16.4 Å². The highest BCUT2D eigenvalue weighted by Crippen LogP contribution is 2.21. The molecule has 0 fully saturated rings. The zero-order valence-electron chi connectivity index (χ0n) is 10.7. The predicted octanol–water partition coefficient (Wildman–Crippen LogP) is 2.11. The Bertz CT molecular complexity index is 738. The van der Waals surface area contributed by atoms with Crippen LogP contribution in [0.5, 0.6) is 0 Å². The first-order chi connectivity index (χ1) is 9.90. The van der Waals surface area contributed by atoms with Crippen molar-refractivity contribution in [3.05, 3.63) is 52.0 Å². The van der Waals surface area contributed by atoms with Crippen LogP contribution in [0.15, 0.2) is 40.6 Å². The predicted molar refractivity (Wildman–Crippen MR) is 76.6 cm³/mol. The molecule has 2 aromatic rings. The molecular formula is C13H12FNO4S2. The van der Waals surface area contributed by atoms with E-state index in [2.05, 4.69) is 4.72 Å². The van der Waals surface area contributed by atoms with E-state index >= 15 is 0 Å². The monoisotopic (exact) mass is 329 g/mol. The number of carboxylic acids is 1. The number of hydrogen-bond donors (Lipinski definition) is 2. The molecule has 0 aliphatic heterocycles. The molecule has 0 bridgehead atoms. The molecule has 0 amide bonds. The van der Waals surface area contributed by atoms with Gasteiger partial charge >= 0.3 is 5.97 Å². The zero-order chi connectivity index (χ0) is 15.5. The lowest BCUT2D eigenvalue weighted by Gasteiger charge is -2.06. The Kier molecular flexibility index (Phi) is 4.71. The number of hydrogen-bond acceptors (Lipinski definition) is 4. The van der Waals surface area contributed by atoms with Gasteiger partial charge in [-0.25, -0.2) is 22.3 Å². The Morgan fingerprint density at radius 2 is 1.90 bits per heavy atom. The number of nitrogens with one attached hydrogen (secondary N) is 1. The molecule has 2 N–H and O–H groups in total. The molecule has 0 spiro atoms. The molecule has 2 rings (SSSR count). The molecule has 0 saturated heterocycles. The van der Waals surface area contributed by atoms with Crippen molar-refractivity contribution in [1.82, 2.24) is 4.72 Å². The number of aromatic carboxylic acids is 1. The zero-order valence-corrected chi connectivity index (χ0v) is 12.4. The molecule has 5 nitrogen and oxygen atoms in total. The first-order valence-corrected chi connectivity index (χ1v) is 8.31. The van der Waals surface area contributed by atoms with E-state index in [1.807, 2.05) is 0 Å². The minimum absolute atomic E-state index is 0.100. The van der Waals surface area contributed by atoms with E-state index in [0.717, 1.165) is 16.9 Å². The molecule has 112 valence electrons. The van der Waals surface area contributed by atoms with E-state index in [1.54, 1.807) is 12.1 Å². The average Bonchev–Trinajstić information content (AvgIpc) is 2.91. The summed E-state index contributed by atoms with van der Waals surface area (Å²) in [6.07, 6.45) is 0.381. The van der Waals surface area contributed by atoms with Gasteiger partial charge in [-0.1, -0.05) is 12.1 Å². The lowest BCUT2D eigenvalue weighted by molar-refractivity contribution is 0.0698. The number of sulfonamides is 1. The van der Waals surface area contributed by atoms with Gasteiger partial charge in [-0.3, -0.25) is 0 Å². The molecule has 21 heavy (non-hydrogen) atoms. The third-order valence-electron chi connectivity index (χ3n) is 2.73. The van der Waals surface area contributed by atoms with E-state index in [-0.39, 0.29) is 22.1 Å². The van der Waals surface area contributed by atoms with Gasteiger partial charge in [0.05, 0.1) is 0 Å². The van der Waals surface area contributed by atoms with Crippen LogP contribution in [-0.4, -0.2) is 26.0 Å². The van der Waals surface area contributed by atoms with E-state index in [4.69, 9.17) is 5.11 Å². The van der Waals surface area contributed by atoms with Gasteiger partial charge in [0.25, 0.3) is 0 Å². The van der Waals surface area contributed by atoms with Crippen LogP contribution in [0.4, 0.5) is 4.39 Å². The van der Waals surface area contributed by atoms with Crippen molar-refractivity contribution in [3.8, 4) is 0 Å². The third-order valence-corrected chi connectivity index (χ3v) is 5.27. The second kappa shape index (κ2) is 6.33. The van der Waals surface area contributed by atoms with Gasteiger partial charge in [-0.05, 0) is 35.6 Å². The summed E-state index contributed by atoms with van der Waals surface area (Å²) in [4.78, 5) is 10.5. The van der Waals surface area contributed by atoms with Crippen molar-refractivity contribution in [3.63, 3.8) is 0 Å². The van der Waals surface area contributed by atoms with E-state index in [1.165, 1.54) is 23.6 Å². The molecule has 0 aliphatic carbocycles. The molecule has 0 aliphatic rings. The molecule has 0 saturated carbocycles. The van der Waals surface area contributed by atoms with Crippen LogP contribution < -0.4 is 4.72 Å². The van der Waals surface area contributed by atoms with Gasteiger partial charge in [-0.15, -0.1) is 11.3 Å². The van der Waals surface area contributed by atoms with Crippen LogP contribution in [0.25, 0.3) is 0 Å².